The zero-order chi connectivity index (χ0) is 10.9. The molecule has 0 aliphatic heterocycles. The Labute approximate surface area is 83.6 Å². The van der Waals surface area contributed by atoms with Gasteiger partial charge in [0, 0.05) is 5.54 Å². The molecule has 0 saturated carbocycles. The summed E-state index contributed by atoms with van der Waals surface area (Å²) < 4.78 is 0. The number of carboxylic acids is 1. The van der Waals surface area contributed by atoms with E-state index in [0.717, 1.165) is 11.1 Å². The van der Waals surface area contributed by atoms with Crippen molar-refractivity contribution in [3.05, 3.63) is 34.9 Å². The lowest BCUT2D eigenvalue weighted by molar-refractivity contribution is 0.0696. The molecule has 14 heavy (non-hydrogen) atoms. The van der Waals surface area contributed by atoms with E-state index in [0.29, 0.717) is 5.56 Å². The molecule has 0 atom stereocenters. The largest absolute Gasteiger partial charge is 0.478 e. The van der Waals surface area contributed by atoms with Gasteiger partial charge in [-0.2, -0.15) is 0 Å². The number of aromatic carboxylic acids is 1. The summed E-state index contributed by atoms with van der Waals surface area (Å²) in [5, 5.41) is 8.92. The molecular weight excluding hydrogens is 178 g/mol. The van der Waals surface area contributed by atoms with Gasteiger partial charge in [-0.1, -0.05) is 12.1 Å². The number of rotatable bonds is 2. The Morgan fingerprint density at radius 2 is 2.00 bits per heavy atom. The number of aryl methyl sites for hydroxylation is 1. The Hall–Kier alpha value is -1.35. The standard InChI is InChI=1S/C11H15NO2/c1-7-4-5-8(11(2,3)12)6-9(7)10(13)14/h4-6H,12H2,1-3H3,(H,13,14). The van der Waals surface area contributed by atoms with Crippen molar-refractivity contribution in [3.63, 3.8) is 0 Å². The maximum atomic E-state index is 10.9. The number of hydrogen-bond donors (Lipinski definition) is 2. The Morgan fingerprint density at radius 1 is 1.43 bits per heavy atom. The lowest BCUT2D eigenvalue weighted by atomic mass is 9.92. The summed E-state index contributed by atoms with van der Waals surface area (Å²) in [6, 6.07) is 5.28. The molecule has 0 aliphatic carbocycles. The molecule has 1 rings (SSSR count). The average molecular weight is 193 g/mol. The molecule has 0 unspecified atom stereocenters. The molecule has 0 bridgehead atoms. The highest BCUT2D eigenvalue weighted by Crippen LogP contribution is 2.20. The van der Waals surface area contributed by atoms with E-state index < -0.39 is 11.5 Å². The van der Waals surface area contributed by atoms with Gasteiger partial charge in [0.15, 0.2) is 0 Å². The van der Waals surface area contributed by atoms with Gasteiger partial charge in [-0.15, -0.1) is 0 Å². The molecule has 0 saturated heterocycles. The second-order valence-electron chi connectivity index (χ2n) is 4.06. The van der Waals surface area contributed by atoms with Gasteiger partial charge in [0.2, 0.25) is 0 Å². The van der Waals surface area contributed by atoms with E-state index in [-0.39, 0.29) is 0 Å². The van der Waals surface area contributed by atoms with Crippen LogP contribution in [0.15, 0.2) is 18.2 Å². The highest BCUT2D eigenvalue weighted by molar-refractivity contribution is 5.89. The van der Waals surface area contributed by atoms with Gasteiger partial charge < -0.3 is 10.8 Å². The lowest BCUT2D eigenvalue weighted by Crippen LogP contribution is -2.28. The fourth-order valence-corrected chi connectivity index (χ4v) is 1.25. The summed E-state index contributed by atoms with van der Waals surface area (Å²) >= 11 is 0. The summed E-state index contributed by atoms with van der Waals surface area (Å²) in [6.07, 6.45) is 0. The van der Waals surface area contributed by atoms with Gasteiger partial charge in [0.05, 0.1) is 5.56 Å². The minimum atomic E-state index is -0.909. The zero-order valence-electron chi connectivity index (χ0n) is 8.66. The first-order valence-corrected chi connectivity index (χ1v) is 4.45. The van der Waals surface area contributed by atoms with Crippen LogP contribution in [0, 0.1) is 6.92 Å². The van der Waals surface area contributed by atoms with Crippen molar-refractivity contribution in [2.24, 2.45) is 5.73 Å². The molecule has 0 heterocycles. The summed E-state index contributed by atoms with van der Waals surface area (Å²) in [7, 11) is 0. The first-order valence-electron chi connectivity index (χ1n) is 4.45. The molecule has 3 N–H and O–H groups in total. The zero-order valence-corrected chi connectivity index (χ0v) is 8.66. The maximum Gasteiger partial charge on any atom is 0.335 e. The monoisotopic (exact) mass is 193 g/mol. The maximum absolute atomic E-state index is 10.9. The summed E-state index contributed by atoms with van der Waals surface area (Å²) in [6.45, 7) is 5.48. The Kier molecular flexibility index (Phi) is 2.62. The van der Waals surface area contributed by atoms with Gasteiger partial charge in [0.25, 0.3) is 0 Å². The van der Waals surface area contributed by atoms with Crippen LogP contribution in [0.5, 0.6) is 0 Å². The molecule has 0 amide bonds. The molecule has 0 radical (unpaired) electrons. The highest BCUT2D eigenvalue weighted by atomic mass is 16.4. The quantitative estimate of drug-likeness (QED) is 0.753. The van der Waals surface area contributed by atoms with E-state index >= 15 is 0 Å². The van der Waals surface area contributed by atoms with Crippen LogP contribution in [-0.2, 0) is 5.54 Å². The van der Waals surface area contributed by atoms with Crippen molar-refractivity contribution in [1.29, 1.82) is 0 Å². The van der Waals surface area contributed by atoms with Crippen LogP contribution in [0.4, 0.5) is 0 Å². The Morgan fingerprint density at radius 3 is 2.43 bits per heavy atom. The van der Waals surface area contributed by atoms with Crippen LogP contribution < -0.4 is 5.73 Å². The van der Waals surface area contributed by atoms with E-state index in [1.165, 1.54) is 0 Å². The lowest BCUT2D eigenvalue weighted by Gasteiger charge is -2.20. The molecule has 0 aromatic heterocycles. The number of benzene rings is 1. The van der Waals surface area contributed by atoms with Crippen LogP contribution in [-0.4, -0.2) is 11.1 Å². The van der Waals surface area contributed by atoms with Gasteiger partial charge in [-0.25, -0.2) is 4.79 Å². The van der Waals surface area contributed by atoms with E-state index in [2.05, 4.69) is 0 Å². The van der Waals surface area contributed by atoms with Crippen LogP contribution in [0.25, 0.3) is 0 Å². The van der Waals surface area contributed by atoms with Crippen molar-refractivity contribution in [3.8, 4) is 0 Å². The van der Waals surface area contributed by atoms with Gasteiger partial charge in [-0.3, -0.25) is 0 Å². The second-order valence-corrected chi connectivity index (χ2v) is 4.06. The van der Waals surface area contributed by atoms with Crippen molar-refractivity contribution in [1.82, 2.24) is 0 Å². The fourth-order valence-electron chi connectivity index (χ4n) is 1.25. The normalized spacial score (nSPS) is 11.4. The van der Waals surface area contributed by atoms with Gasteiger partial charge >= 0.3 is 5.97 Å². The molecule has 1 aromatic carbocycles. The smallest absolute Gasteiger partial charge is 0.335 e. The molecule has 0 spiro atoms. The summed E-state index contributed by atoms with van der Waals surface area (Å²) in [5.74, 6) is -0.909. The van der Waals surface area contributed by atoms with E-state index in [9.17, 15) is 4.79 Å². The van der Waals surface area contributed by atoms with Crippen molar-refractivity contribution < 1.29 is 9.90 Å². The van der Waals surface area contributed by atoms with Crippen molar-refractivity contribution >= 4 is 5.97 Å². The van der Waals surface area contributed by atoms with Crippen molar-refractivity contribution in [2.45, 2.75) is 26.3 Å². The highest BCUT2D eigenvalue weighted by Gasteiger charge is 2.17. The van der Waals surface area contributed by atoms with Crippen LogP contribution in [0.3, 0.4) is 0 Å². The third-order valence-corrected chi connectivity index (χ3v) is 2.21. The third-order valence-electron chi connectivity index (χ3n) is 2.21. The van der Waals surface area contributed by atoms with Gasteiger partial charge in [0.1, 0.15) is 0 Å². The van der Waals surface area contributed by atoms with E-state index in [4.69, 9.17) is 10.8 Å². The topological polar surface area (TPSA) is 63.3 Å². The molecule has 1 aromatic rings. The minimum absolute atomic E-state index is 0.320. The van der Waals surface area contributed by atoms with Crippen LogP contribution in [0.2, 0.25) is 0 Å². The second kappa shape index (κ2) is 3.42. The summed E-state index contributed by atoms with van der Waals surface area (Å²) in [4.78, 5) is 10.9. The Bertz CT molecular complexity index is 364. The average Bonchev–Trinajstić information content (AvgIpc) is 2.02. The number of carboxylic acid groups (broad SMARTS) is 1. The first kappa shape index (κ1) is 10.7. The molecule has 3 heteroatoms. The predicted molar refractivity (Wildman–Crippen MR) is 55.4 cm³/mol. The molecule has 3 nitrogen and oxygen atoms in total. The minimum Gasteiger partial charge on any atom is -0.478 e. The number of nitrogens with two attached hydrogens (primary N) is 1. The van der Waals surface area contributed by atoms with E-state index in [1.54, 1.807) is 19.1 Å². The van der Waals surface area contributed by atoms with E-state index in [1.807, 2.05) is 19.9 Å². The third kappa shape index (κ3) is 2.12. The molecule has 0 fully saturated rings. The number of carbonyl (C=O) groups is 1. The Balaban J connectivity index is 3.27. The van der Waals surface area contributed by atoms with Crippen molar-refractivity contribution in [2.75, 3.05) is 0 Å². The predicted octanol–water partition coefficient (Wildman–Crippen LogP) is 1.89. The van der Waals surface area contributed by atoms with Crippen LogP contribution in [0.1, 0.15) is 35.3 Å². The molecular formula is C11H15NO2. The first-order chi connectivity index (χ1) is 6.32. The van der Waals surface area contributed by atoms with Gasteiger partial charge in [-0.05, 0) is 38.0 Å². The fraction of sp³-hybridized carbons (Fsp3) is 0.364. The molecule has 0 aliphatic rings. The molecule has 76 valence electrons. The summed E-state index contributed by atoms with van der Waals surface area (Å²) in [5.41, 5.74) is 7.29. The number of hydrogen-bond acceptors (Lipinski definition) is 2. The SMILES string of the molecule is Cc1ccc(C(C)(C)N)cc1C(=O)O. The van der Waals surface area contributed by atoms with Crippen LogP contribution >= 0.6 is 0 Å².